The number of nitrogens with one attached hydrogen (secondary N) is 1. The van der Waals surface area contributed by atoms with Crippen LogP contribution in [0, 0.1) is 0 Å². The lowest BCUT2D eigenvalue weighted by atomic mass is 10.1. The zero-order valence-corrected chi connectivity index (χ0v) is 19.9. The molecule has 0 radical (unpaired) electrons. The van der Waals surface area contributed by atoms with Gasteiger partial charge >= 0.3 is 0 Å². The summed E-state index contributed by atoms with van der Waals surface area (Å²) < 4.78 is 32.3. The molecule has 168 valence electrons. The first-order valence-corrected chi connectivity index (χ1v) is 11.2. The summed E-state index contributed by atoms with van der Waals surface area (Å²) in [6.45, 7) is 0. The minimum Gasteiger partial charge on any atom is -0.748 e. The zero-order chi connectivity index (χ0) is 23.4. The number of amides is 1. The van der Waals surface area contributed by atoms with E-state index in [1.165, 1.54) is 31.3 Å². The highest BCUT2D eigenvalue weighted by molar-refractivity contribution is 7.74. The van der Waals surface area contributed by atoms with Crippen LogP contribution in [0.5, 0.6) is 11.5 Å². The van der Waals surface area contributed by atoms with E-state index in [4.69, 9.17) is 51.1 Å². The Morgan fingerprint density at radius 2 is 1.56 bits per heavy atom. The molecule has 0 saturated carbocycles. The fourth-order valence-electron chi connectivity index (χ4n) is 2.63. The van der Waals surface area contributed by atoms with Crippen molar-refractivity contribution in [3.63, 3.8) is 0 Å². The molecule has 7 nitrogen and oxygen atoms in total. The summed E-state index contributed by atoms with van der Waals surface area (Å²) in [6.07, 6.45) is 0. The van der Waals surface area contributed by atoms with Crippen molar-refractivity contribution in [1.82, 2.24) is 0 Å². The molecule has 0 aliphatic rings. The Labute approximate surface area is 206 Å². The van der Waals surface area contributed by atoms with Crippen LogP contribution in [0.3, 0.4) is 0 Å². The number of nitrogens with zero attached hydrogens (tertiary/aromatic N) is 1. The number of hydrogen-bond acceptors (Lipinski definition) is 6. The molecule has 0 spiro atoms. The number of rotatable bonds is 7. The minimum atomic E-state index is -2.85. The topological polar surface area (TPSA) is 90.9 Å². The molecule has 0 fully saturated rings. The third-order valence-electron chi connectivity index (χ3n) is 4.02. The van der Waals surface area contributed by atoms with E-state index in [0.29, 0.717) is 16.5 Å². The number of anilines is 2. The van der Waals surface area contributed by atoms with Crippen LogP contribution >= 0.6 is 46.4 Å². The summed E-state index contributed by atoms with van der Waals surface area (Å²) in [7, 11) is 1.33. The summed E-state index contributed by atoms with van der Waals surface area (Å²) in [4.78, 5) is 13.0. The van der Waals surface area contributed by atoms with Gasteiger partial charge in [0.05, 0.1) is 26.3 Å². The fourth-order valence-corrected chi connectivity index (χ4v) is 3.62. The van der Waals surface area contributed by atoms with E-state index in [1.807, 2.05) is 0 Å². The molecule has 3 rings (SSSR count). The number of carbonyl (C=O) groups is 1. The predicted molar refractivity (Wildman–Crippen MR) is 126 cm³/mol. The fraction of sp³-hybridized carbons (Fsp3) is 0.0500. The molecule has 3 aromatic carbocycles. The van der Waals surface area contributed by atoms with Gasteiger partial charge in [-0.15, -0.1) is 0 Å². The van der Waals surface area contributed by atoms with E-state index in [0.717, 1.165) is 5.06 Å². The van der Waals surface area contributed by atoms with Crippen molar-refractivity contribution in [3.8, 4) is 11.5 Å². The zero-order valence-electron chi connectivity index (χ0n) is 16.1. The van der Waals surface area contributed by atoms with Gasteiger partial charge in [0.15, 0.2) is 0 Å². The Morgan fingerprint density at radius 3 is 2.16 bits per heavy atom. The van der Waals surface area contributed by atoms with Gasteiger partial charge in [-0.25, -0.2) is 9.27 Å². The van der Waals surface area contributed by atoms with Crippen LogP contribution in [0.25, 0.3) is 0 Å². The van der Waals surface area contributed by atoms with Gasteiger partial charge in [0, 0.05) is 17.8 Å². The monoisotopic (exact) mass is 533 g/mol. The average molecular weight is 535 g/mol. The van der Waals surface area contributed by atoms with E-state index < -0.39 is 17.3 Å². The largest absolute Gasteiger partial charge is 0.748 e. The number of halogens is 4. The predicted octanol–water partition coefficient (Wildman–Crippen LogP) is 6.51. The lowest BCUT2D eigenvalue weighted by molar-refractivity contribution is 0.102. The third-order valence-corrected chi connectivity index (χ3v) is 5.81. The molecule has 12 heteroatoms. The highest BCUT2D eigenvalue weighted by atomic mass is 35.5. The maximum Gasteiger partial charge on any atom is 0.257 e. The minimum absolute atomic E-state index is 0.0478. The Hall–Kier alpha value is -2.04. The van der Waals surface area contributed by atoms with E-state index in [1.54, 1.807) is 30.3 Å². The highest BCUT2D eigenvalue weighted by Crippen LogP contribution is 2.34. The number of benzene rings is 3. The maximum atomic E-state index is 13.0. The number of hydrogen-bond donors (Lipinski definition) is 1. The van der Waals surface area contributed by atoms with Gasteiger partial charge in [-0.2, -0.15) is 4.28 Å². The van der Waals surface area contributed by atoms with Crippen molar-refractivity contribution in [2.45, 2.75) is 0 Å². The molecule has 3 aromatic rings. The summed E-state index contributed by atoms with van der Waals surface area (Å²) in [5.41, 5.74) is 0.480. The van der Waals surface area contributed by atoms with Crippen LogP contribution in [0.15, 0.2) is 54.6 Å². The molecule has 0 aliphatic carbocycles. The normalized spacial score (nSPS) is 11.7. The molecule has 0 bridgehead atoms. The molecule has 32 heavy (non-hydrogen) atoms. The maximum absolute atomic E-state index is 13.0. The SMILES string of the molecule is CN(OS(=O)[O-])c1ccc(Oc2ccc(Cl)cc2)cc1C(=O)Nc1cc(Cl)c(Cl)c(Cl)c1. The summed E-state index contributed by atoms with van der Waals surface area (Å²) in [6, 6.07) is 13.9. The Kier molecular flexibility index (Phi) is 8.24. The number of hydroxylamine groups is 1. The van der Waals surface area contributed by atoms with E-state index in [9.17, 15) is 13.6 Å². The van der Waals surface area contributed by atoms with Crippen LogP contribution in [0.4, 0.5) is 11.4 Å². The van der Waals surface area contributed by atoms with Crippen LogP contribution in [0.2, 0.25) is 20.1 Å². The van der Waals surface area contributed by atoms with Gasteiger partial charge in [0.1, 0.15) is 22.9 Å². The van der Waals surface area contributed by atoms with Crippen molar-refractivity contribution < 1.29 is 22.6 Å². The van der Waals surface area contributed by atoms with E-state index in [-0.39, 0.29) is 32.0 Å². The van der Waals surface area contributed by atoms with E-state index in [2.05, 4.69) is 9.60 Å². The molecule has 1 amide bonds. The Bertz CT molecular complexity index is 1150. The van der Waals surface area contributed by atoms with Gasteiger partial charge in [-0.3, -0.25) is 4.79 Å². The standard InChI is InChI=1S/C20H14Cl4N2O5S/c1-26(31-32(28)29)18-7-6-14(30-13-4-2-11(21)3-5-13)10-15(18)20(27)25-12-8-16(22)19(24)17(23)9-12/h2-10H,1H3,(H,25,27)(H,28,29)/p-1. The lowest BCUT2D eigenvalue weighted by Crippen LogP contribution is -2.23. The second-order valence-corrected chi connectivity index (χ2v) is 8.41. The molecule has 1 atom stereocenters. The van der Waals surface area contributed by atoms with E-state index >= 15 is 0 Å². The van der Waals surface area contributed by atoms with Crippen LogP contribution in [-0.4, -0.2) is 21.7 Å². The second kappa shape index (κ2) is 10.7. The van der Waals surface area contributed by atoms with Crippen LogP contribution in [-0.2, 0) is 15.6 Å². The summed E-state index contributed by atoms with van der Waals surface area (Å²) >= 11 is 21.0. The van der Waals surface area contributed by atoms with Gasteiger partial charge in [0.2, 0.25) is 0 Å². The van der Waals surface area contributed by atoms with Crippen LogP contribution < -0.4 is 15.1 Å². The Balaban J connectivity index is 1.96. The van der Waals surface area contributed by atoms with Crippen molar-refractivity contribution >= 4 is 75.0 Å². The van der Waals surface area contributed by atoms with Crippen LogP contribution in [0.1, 0.15) is 10.4 Å². The first-order valence-electron chi connectivity index (χ1n) is 8.69. The average Bonchev–Trinajstić information content (AvgIpc) is 2.73. The van der Waals surface area contributed by atoms with Crippen molar-refractivity contribution in [2.75, 3.05) is 17.4 Å². The molecule has 1 unspecified atom stereocenters. The first kappa shape index (κ1) is 24.6. The number of ether oxygens (including phenoxy) is 1. The molecule has 0 heterocycles. The van der Waals surface area contributed by atoms with Crippen molar-refractivity contribution in [3.05, 3.63) is 80.3 Å². The second-order valence-electron chi connectivity index (χ2n) is 6.22. The molecule has 0 saturated heterocycles. The highest BCUT2D eigenvalue weighted by Gasteiger charge is 2.19. The summed E-state index contributed by atoms with van der Waals surface area (Å²) in [5.74, 6) is 0.184. The summed E-state index contributed by atoms with van der Waals surface area (Å²) in [5, 5.41) is 4.55. The van der Waals surface area contributed by atoms with Gasteiger partial charge in [0.25, 0.3) is 5.91 Å². The number of carbonyl (C=O) groups excluding carboxylic acids is 1. The van der Waals surface area contributed by atoms with Gasteiger partial charge in [-0.1, -0.05) is 46.4 Å². The smallest absolute Gasteiger partial charge is 0.257 e. The van der Waals surface area contributed by atoms with Gasteiger partial charge < -0.3 is 14.6 Å². The molecular weight excluding hydrogens is 522 g/mol. The molecular formula is C20H13Cl4N2O5S-. The quantitative estimate of drug-likeness (QED) is 0.211. The van der Waals surface area contributed by atoms with Gasteiger partial charge in [-0.05, 0) is 54.6 Å². The molecule has 1 N–H and O–H groups in total. The Morgan fingerprint density at radius 1 is 0.969 bits per heavy atom. The van der Waals surface area contributed by atoms with Crippen molar-refractivity contribution in [1.29, 1.82) is 0 Å². The lowest BCUT2D eigenvalue weighted by Gasteiger charge is -2.22. The van der Waals surface area contributed by atoms with Crippen molar-refractivity contribution in [2.24, 2.45) is 0 Å². The molecule has 0 aromatic heterocycles. The third kappa shape index (κ3) is 6.26. The molecule has 0 aliphatic heterocycles. The first-order chi connectivity index (χ1) is 15.1.